The predicted octanol–water partition coefficient (Wildman–Crippen LogP) is 1.54. The largest absolute Gasteiger partial charge is 0.479 e. The maximum absolute atomic E-state index is 12.3. The van der Waals surface area contributed by atoms with Gasteiger partial charge in [-0.05, 0) is 25.0 Å². The molecule has 0 saturated carbocycles. The van der Waals surface area contributed by atoms with Crippen LogP contribution in [0.25, 0.3) is 0 Å². The first-order chi connectivity index (χ1) is 9.36. The fraction of sp³-hybridized carbons (Fsp3) is 0.545. The van der Waals surface area contributed by atoms with Crippen LogP contribution in [0.1, 0.15) is 18.5 Å². The highest BCUT2D eigenvalue weighted by atomic mass is 19.4. The predicted molar refractivity (Wildman–Crippen MR) is 61.1 cm³/mol. The number of hydrogen-bond acceptors (Lipinski definition) is 5. The van der Waals surface area contributed by atoms with E-state index in [-0.39, 0.29) is 18.5 Å². The molecule has 2 heterocycles. The van der Waals surface area contributed by atoms with Crippen molar-refractivity contribution in [3.8, 4) is 0 Å². The van der Waals surface area contributed by atoms with Gasteiger partial charge in [-0.25, -0.2) is 4.79 Å². The Labute approximate surface area is 112 Å². The Kier molecular flexibility index (Phi) is 4.07. The minimum Gasteiger partial charge on any atom is -0.479 e. The van der Waals surface area contributed by atoms with Gasteiger partial charge in [0.1, 0.15) is 5.82 Å². The normalized spacial score (nSPS) is 22.8. The second-order valence-corrected chi connectivity index (χ2v) is 4.34. The number of rotatable bonds is 4. The van der Waals surface area contributed by atoms with Crippen LogP contribution in [-0.4, -0.2) is 40.0 Å². The third-order valence-corrected chi connectivity index (χ3v) is 2.85. The Morgan fingerprint density at radius 2 is 2.15 bits per heavy atom. The molecule has 0 bridgehead atoms. The number of anilines is 1. The molecule has 0 aliphatic carbocycles. The molecule has 2 atom stereocenters. The maximum atomic E-state index is 12.3. The van der Waals surface area contributed by atoms with Gasteiger partial charge in [0.15, 0.2) is 11.8 Å². The summed E-state index contributed by atoms with van der Waals surface area (Å²) in [6.07, 6.45) is -4.66. The van der Waals surface area contributed by atoms with Gasteiger partial charge in [0.2, 0.25) is 0 Å². The third kappa shape index (κ3) is 3.56. The van der Waals surface area contributed by atoms with Crippen LogP contribution in [0.5, 0.6) is 0 Å². The highest BCUT2D eigenvalue weighted by Gasteiger charge is 2.33. The van der Waals surface area contributed by atoms with Gasteiger partial charge in [0, 0.05) is 6.54 Å². The molecule has 20 heavy (non-hydrogen) atoms. The zero-order valence-corrected chi connectivity index (χ0v) is 10.2. The van der Waals surface area contributed by atoms with E-state index >= 15 is 0 Å². The van der Waals surface area contributed by atoms with E-state index in [9.17, 15) is 18.0 Å². The maximum Gasteiger partial charge on any atom is 0.435 e. The van der Waals surface area contributed by atoms with Crippen LogP contribution in [0.2, 0.25) is 0 Å². The lowest BCUT2D eigenvalue weighted by Crippen LogP contribution is -2.24. The Morgan fingerprint density at radius 3 is 2.65 bits per heavy atom. The molecule has 2 N–H and O–H groups in total. The number of halogens is 3. The second kappa shape index (κ2) is 5.61. The number of carbonyl (C=O) groups is 1. The van der Waals surface area contributed by atoms with Crippen LogP contribution in [0.15, 0.2) is 12.1 Å². The summed E-state index contributed by atoms with van der Waals surface area (Å²) in [5.74, 6) is -0.831. The van der Waals surface area contributed by atoms with Crippen molar-refractivity contribution >= 4 is 11.8 Å². The van der Waals surface area contributed by atoms with Crippen molar-refractivity contribution < 1.29 is 27.8 Å². The van der Waals surface area contributed by atoms with Crippen LogP contribution in [0.4, 0.5) is 19.0 Å². The summed E-state index contributed by atoms with van der Waals surface area (Å²) >= 11 is 0. The molecule has 0 radical (unpaired) electrons. The molecule has 9 heteroatoms. The number of alkyl halides is 3. The molecule has 6 nitrogen and oxygen atoms in total. The van der Waals surface area contributed by atoms with Crippen LogP contribution in [0, 0.1) is 0 Å². The highest BCUT2D eigenvalue weighted by Crippen LogP contribution is 2.27. The van der Waals surface area contributed by atoms with Gasteiger partial charge in [0.25, 0.3) is 0 Å². The number of hydrogen-bond donors (Lipinski definition) is 2. The summed E-state index contributed by atoms with van der Waals surface area (Å²) < 4.78 is 42.0. The fourth-order valence-electron chi connectivity index (χ4n) is 1.83. The van der Waals surface area contributed by atoms with Crippen LogP contribution in [-0.2, 0) is 15.7 Å². The Balaban J connectivity index is 1.85. The Bertz CT molecular complexity index is 478. The number of ether oxygens (including phenoxy) is 1. The van der Waals surface area contributed by atoms with Gasteiger partial charge < -0.3 is 15.2 Å². The summed E-state index contributed by atoms with van der Waals surface area (Å²) in [6, 6.07) is 1.99. The molecule has 110 valence electrons. The van der Waals surface area contributed by atoms with Gasteiger partial charge in [-0.2, -0.15) is 13.2 Å². The molecular weight excluding hydrogens is 279 g/mol. The number of aliphatic carboxylic acids is 1. The van der Waals surface area contributed by atoms with Gasteiger partial charge >= 0.3 is 12.1 Å². The van der Waals surface area contributed by atoms with Crippen molar-refractivity contribution in [2.24, 2.45) is 0 Å². The van der Waals surface area contributed by atoms with Gasteiger partial charge in [-0.15, -0.1) is 10.2 Å². The minimum absolute atomic E-state index is 0.181. The molecule has 1 aromatic heterocycles. The first-order valence-electron chi connectivity index (χ1n) is 5.89. The number of nitrogens with one attached hydrogen (secondary N) is 1. The Morgan fingerprint density at radius 1 is 1.40 bits per heavy atom. The van der Waals surface area contributed by atoms with E-state index in [1.54, 1.807) is 0 Å². The summed E-state index contributed by atoms with van der Waals surface area (Å²) in [5, 5.41) is 18.0. The summed E-state index contributed by atoms with van der Waals surface area (Å²) in [5.41, 5.74) is -1.06. The molecule has 2 rings (SSSR count). The number of nitrogens with zero attached hydrogens (tertiary/aromatic N) is 2. The third-order valence-electron chi connectivity index (χ3n) is 2.85. The molecule has 0 aromatic carbocycles. The highest BCUT2D eigenvalue weighted by molar-refractivity contribution is 5.72. The van der Waals surface area contributed by atoms with Crippen LogP contribution < -0.4 is 5.32 Å². The molecule has 1 fully saturated rings. The van der Waals surface area contributed by atoms with Crippen molar-refractivity contribution in [2.75, 3.05) is 11.9 Å². The summed E-state index contributed by atoms with van der Waals surface area (Å²) in [7, 11) is 0. The van der Waals surface area contributed by atoms with E-state index in [0.717, 1.165) is 6.07 Å². The van der Waals surface area contributed by atoms with E-state index in [4.69, 9.17) is 9.84 Å². The zero-order chi connectivity index (χ0) is 14.8. The molecule has 2 unspecified atom stereocenters. The second-order valence-electron chi connectivity index (χ2n) is 4.34. The molecule has 1 aliphatic rings. The smallest absolute Gasteiger partial charge is 0.435 e. The number of aromatic nitrogens is 2. The molecule has 0 amide bonds. The van der Waals surface area contributed by atoms with Gasteiger partial charge in [0.05, 0.1) is 6.10 Å². The standard InChI is InChI=1S/C11H12F3N3O3/c12-11(13,14)8-3-4-9(17-16-8)15-5-6-1-2-7(20-6)10(18)19/h3-4,6-7H,1-2,5H2,(H,15,17)(H,18,19). The zero-order valence-electron chi connectivity index (χ0n) is 10.2. The van der Waals surface area contributed by atoms with Crippen molar-refractivity contribution in [2.45, 2.75) is 31.2 Å². The van der Waals surface area contributed by atoms with Crippen molar-refractivity contribution in [3.63, 3.8) is 0 Å². The molecule has 1 aromatic rings. The van der Waals surface area contributed by atoms with Gasteiger partial charge in [-0.3, -0.25) is 0 Å². The molecule has 0 spiro atoms. The lowest BCUT2D eigenvalue weighted by Gasteiger charge is -2.12. The SMILES string of the molecule is O=C(O)C1CCC(CNc2ccc(C(F)(F)F)nn2)O1. The number of carboxylic acids is 1. The fourth-order valence-corrected chi connectivity index (χ4v) is 1.83. The molecule has 1 saturated heterocycles. The van der Waals surface area contributed by atoms with E-state index in [1.165, 1.54) is 6.07 Å². The molecule has 1 aliphatic heterocycles. The average molecular weight is 291 g/mol. The first kappa shape index (κ1) is 14.5. The van der Waals surface area contributed by atoms with Crippen LogP contribution >= 0.6 is 0 Å². The van der Waals surface area contributed by atoms with E-state index < -0.39 is 23.9 Å². The molecular formula is C11H12F3N3O3. The Hall–Kier alpha value is -1.90. The lowest BCUT2D eigenvalue weighted by atomic mass is 10.2. The lowest BCUT2D eigenvalue weighted by molar-refractivity contribution is -0.149. The summed E-state index contributed by atoms with van der Waals surface area (Å²) in [6.45, 7) is 0.268. The van der Waals surface area contributed by atoms with Crippen molar-refractivity contribution in [1.82, 2.24) is 10.2 Å². The average Bonchev–Trinajstić information content (AvgIpc) is 2.85. The topological polar surface area (TPSA) is 84.3 Å². The van der Waals surface area contributed by atoms with Crippen molar-refractivity contribution in [3.05, 3.63) is 17.8 Å². The van der Waals surface area contributed by atoms with E-state index in [0.29, 0.717) is 12.8 Å². The minimum atomic E-state index is -4.52. The number of carboxylic acid groups (broad SMARTS) is 1. The monoisotopic (exact) mass is 291 g/mol. The first-order valence-corrected chi connectivity index (χ1v) is 5.89. The van der Waals surface area contributed by atoms with Crippen molar-refractivity contribution in [1.29, 1.82) is 0 Å². The van der Waals surface area contributed by atoms with E-state index in [1.807, 2.05) is 0 Å². The van der Waals surface area contributed by atoms with Crippen LogP contribution in [0.3, 0.4) is 0 Å². The summed E-state index contributed by atoms with van der Waals surface area (Å²) in [4.78, 5) is 10.7. The quantitative estimate of drug-likeness (QED) is 0.875. The van der Waals surface area contributed by atoms with E-state index in [2.05, 4.69) is 15.5 Å². The van der Waals surface area contributed by atoms with Gasteiger partial charge in [-0.1, -0.05) is 0 Å².